The second-order valence-electron chi connectivity index (χ2n) is 4.50. The van der Waals surface area contributed by atoms with Crippen LogP contribution in [0.3, 0.4) is 0 Å². The van der Waals surface area contributed by atoms with E-state index in [4.69, 9.17) is 23.2 Å². The first-order chi connectivity index (χ1) is 9.65. The largest absolute Gasteiger partial charge is 0.332 e. The molecule has 1 N–H and O–H groups in total. The fraction of sp³-hybridized carbons (Fsp3) is 0. The van der Waals surface area contributed by atoms with Crippen LogP contribution in [0.25, 0.3) is 27.6 Å². The van der Waals surface area contributed by atoms with Gasteiger partial charge in [-0.15, -0.1) is 0 Å². The molecule has 0 spiro atoms. The quantitative estimate of drug-likeness (QED) is 0.539. The molecule has 0 aliphatic carbocycles. The molecule has 2 aromatic carbocycles. The maximum absolute atomic E-state index is 12.3. The number of imidazole rings is 1. The number of nitrogens with zero attached hydrogens (tertiary/aromatic N) is 2. The molecule has 4 nitrogen and oxygen atoms in total. The molecule has 0 saturated heterocycles. The van der Waals surface area contributed by atoms with Crippen molar-refractivity contribution in [2.45, 2.75) is 0 Å². The summed E-state index contributed by atoms with van der Waals surface area (Å²) in [6, 6.07) is 10.8. The molecular weight excluding hydrogens is 297 g/mol. The Hall–Kier alpha value is -2.04. The van der Waals surface area contributed by atoms with Crippen LogP contribution in [0, 0.1) is 0 Å². The molecule has 98 valence electrons. The number of rotatable bonds is 0. The van der Waals surface area contributed by atoms with Gasteiger partial charge in [0.15, 0.2) is 5.65 Å². The average molecular weight is 304 g/mol. The second-order valence-corrected chi connectivity index (χ2v) is 5.32. The minimum atomic E-state index is -0.250. The van der Waals surface area contributed by atoms with Gasteiger partial charge in [-0.1, -0.05) is 35.3 Å². The highest BCUT2D eigenvalue weighted by Crippen LogP contribution is 2.29. The Labute approximate surface area is 122 Å². The second kappa shape index (κ2) is 3.98. The maximum Gasteiger partial charge on any atom is 0.332 e. The zero-order valence-electron chi connectivity index (χ0n) is 10.0. The van der Waals surface area contributed by atoms with Gasteiger partial charge in [-0.05, 0) is 24.3 Å². The Morgan fingerprint density at radius 1 is 1.10 bits per heavy atom. The molecule has 0 atom stereocenters. The van der Waals surface area contributed by atoms with Crippen LogP contribution in [0.1, 0.15) is 0 Å². The zero-order valence-corrected chi connectivity index (χ0v) is 11.5. The molecule has 0 unspecified atom stereocenters. The average Bonchev–Trinajstić information content (AvgIpc) is 2.79. The summed E-state index contributed by atoms with van der Waals surface area (Å²) in [7, 11) is 0. The van der Waals surface area contributed by atoms with Gasteiger partial charge in [0.1, 0.15) is 0 Å². The summed E-state index contributed by atoms with van der Waals surface area (Å²) in [6.07, 6.45) is 0. The summed E-state index contributed by atoms with van der Waals surface area (Å²) in [5.41, 5.74) is 2.37. The van der Waals surface area contributed by atoms with Crippen LogP contribution in [0.5, 0.6) is 0 Å². The van der Waals surface area contributed by atoms with Crippen LogP contribution < -0.4 is 5.69 Å². The van der Waals surface area contributed by atoms with E-state index in [9.17, 15) is 4.79 Å². The smallest absolute Gasteiger partial charge is 0.306 e. The number of aromatic nitrogens is 3. The van der Waals surface area contributed by atoms with Gasteiger partial charge in [-0.2, -0.15) is 0 Å². The molecule has 2 aromatic heterocycles. The summed E-state index contributed by atoms with van der Waals surface area (Å²) >= 11 is 12.0. The number of H-pyrrole nitrogens is 1. The van der Waals surface area contributed by atoms with Gasteiger partial charge in [-0.25, -0.2) is 14.2 Å². The van der Waals surface area contributed by atoms with E-state index in [1.54, 1.807) is 12.1 Å². The molecular formula is C14H7Cl2N3O. The van der Waals surface area contributed by atoms with E-state index < -0.39 is 0 Å². The molecule has 0 fully saturated rings. The van der Waals surface area contributed by atoms with Gasteiger partial charge in [0.2, 0.25) is 0 Å². The van der Waals surface area contributed by atoms with Crippen LogP contribution in [-0.4, -0.2) is 14.4 Å². The van der Waals surface area contributed by atoms with Gasteiger partial charge >= 0.3 is 5.69 Å². The molecule has 4 aromatic rings. The lowest BCUT2D eigenvalue weighted by Gasteiger charge is -2.00. The highest BCUT2D eigenvalue weighted by molar-refractivity contribution is 6.42. The Kier molecular flexibility index (Phi) is 2.34. The molecule has 0 radical (unpaired) electrons. The summed E-state index contributed by atoms with van der Waals surface area (Å²) in [5.74, 6) is 0. The summed E-state index contributed by atoms with van der Waals surface area (Å²) in [4.78, 5) is 19.6. The number of aromatic amines is 1. The van der Waals surface area contributed by atoms with Crippen LogP contribution in [0.2, 0.25) is 10.0 Å². The predicted molar refractivity (Wildman–Crippen MR) is 80.8 cm³/mol. The fourth-order valence-electron chi connectivity index (χ4n) is 2.42. The van der Waals surface area contributed by atoms with E-state index in [1.165, 1.54) is 4.40 Å². The number of benzene rings is 2. The molecule has 2 heterocycles. The molecule has 0 amide bonds. The number of fused-ring (bicyclic) bond motifs is 5. The van der Waals surface area contributed by atoms with Crippen LogP contribution in [0.4, 0.5) is 0 Å². The van der Waals surface area contributed by atoms with Crippen molar-refractivity contribution in [3.8, 4) is 0 Å². The lowest BCUT2D eigenvalue weighted by molar-refractivity contribution is 1.06. The Morgan fingerprint density at radius 3 is 2.70 bits per heavy atom. The summed E-state index contributed by atoms with van der Waals surface area (Å²) < 4.78 is 1.51. The third kappa shape index (κ3) is 1.49. The lowest BCUT2D eigenvalue weighted by Crippen LogP contribution is -2.15. The van der Waals surface area contributed by atoms with E-state index >= 15 is 0 Å². The molecule has 6 heteroatoms. The van der Waals surface area contributed by atoms with Crippen molar-refractivity contribution < 1.29 is 0 Å². The van der Waals surface area contributed by atoms with Crippen molar-refractivity contribution in [1.29, 1.82) is 0 Å². The normalized spacial score (nSPS) is 11.7. The van der Waals surface area contributed by atoms with Crippen molar-refractivity contribution in [2.24, 2.45) is 0 Å². The van der Waals surface area contributed by atoms with Crippen molar-refractivity contribution >= 4 is 50.8 Å². The topological polar surface area (TPSA) is 50.2 Å². The highest BCUT2D eigenvalue weighted by Gasteiger charge is 2.13. The first kappa shape index (κ1) is 11.8. The fourth-order valence-corrected chi connectivity index (χ4v) is 2.73. The third-order valence-corrected chi connectivity index (χ3v) is 4.03. The third-order valence-electron chi connectivity index (χ3n) is 3.31. The van der Waals surface area contributed by atoms with E-state index in [2.05, 4.69) is 9.97 Å². The molecule has 4 rings (SSSR count). The SMILES string of the molecule is O=c1[nH]c2ccccc2c2nc3cc(Cl)c(Cl)cc3n12. The zero-order chi connectivity index (χ0) is 13.9. The van der Waals surface area contributed by atoms with Crippen LogP contribution in [0.15, 0.2) is 41.2 Å². The Bertz CT molecular complexity index is 1050. The van der Waals surface area contributed by atoms with E-state index in [1.807, 2.05) is 24.3 Å². The maximum atomic E-state index is 12.3. The van der Waals surface area contributed by atoms with E-state index in [-0.39, 0.29) is 5.69 Å². The molecule has 20 heavy (non-hydrogen) atoms. The number of nitrogens with one attached hydrogen (secondary N) is 1. The number of hydrogen-bond acceptors (Lipinski definition) is 2. The summed E-state index contributed by atoms with van der Waals surface area (Å²) in [6.45, 7) is 0. The first-order valence-electron chi connectivity index (χ1n) is 5.93. The number of halogens is 2. The van der Waals surface area contributed by atoms with Crippen molar-refractivity contribution in [2.75, 3.05) is 0 Å². The first-order valence-corrected chi connectivity index (χ1v) is 6.69. The van der Waals surface area contributed by atoms with Gasteiger partial charge < -0.3 is 4.98 Å². The van der Waals surface area contributed by atoms with Gasteiger partial charge in [0.05, 0.1) is 26.6 Å². The van der Waals surface area contributed by atoms with Crippen molar-refractivity contribution in [3.05, 3.63) is 56.9 Å². The van der Waals surface area contributed by atoms with E-state index in [0.29, 0.717) is 26.7 Å². The lowest BCUT2D eigenvalue weighted by atomic mass is 10.2. The number of hydrogen-bond donors (Lipinski definition) is 1. The molecule has 0 saturated carbocycles. The summed E-state index contributed by atoms with van der Waals surface area (Å²) in [5, 5.41) is 1.69. The number of para-hydroxylation sites is 1. The van der Waals surface area contributed by atoms with Gasteiger partial charge in [-0.3, -0.25) is 0 Å². The molecule has 0 aliphatic rings. The highest BCUT2D eigenvalue weighted by atomic mass is 35.5. The minimum Gasteiger partial charge on any atom is -0.306 e. The Morgan fingerprint density at radius 2 is 1.85 bits per heavy atom. The minimum absolute atomic E-state index is 0.250. The van der Waals surface area contributed by atoms with Crippen LogP contribution >= 0.6 is 23.2 Å². The standard InChI is InChI=1S/C14H7Cl2N3O/c15-8-5-11-12(6-9(8)16)19-13(17-11)7-3-1-2-4-10(7)18-14(19)20/h1-6H,(H,18,20). The van der Waals surface area contributed by atoms with E-state index in [0.717, 1.165) is 10.9 Å². The van der Waals surface area contributed by atoms with Crippen LogP contribution in [-0.2, 0) is 0 Å². The molecule has 0 bridgehead atoms. The predicted octanol–water partition coefficient (Wildman–Crippen LogP) is 3.64. The van der Waals surface area contributed by atoms with Crippen molar-refractivity contribution in [1.82, 2.24) is 14.4 Å². The van der Waals surface area contributed by atoms with Crippen molar-refractivity contribution in [3.63, 3.8) is 0 Å². The van der Waals surface area contributed by atoms with Gasteiger partial charge in [0.25, 0.3) is 0 Å². The monoisotopic (exact) mass is 303 g/mol. The molecule has 0 aliphatic heterocycles. The Balaban J connectivity index is 2.35. The van der Waals surface area contributed by atoms with Gasteiger partial charge in [0, 0.05) is 5.39 Å².